The minimum atomic E-state index is -0.601. The third-order valence-corrected chi connectivity index (χ3v) is 2.64. The number of halogens is 1. The van der Waals surface area contributed by atoms with E-state index in [-0.39, 0.29) is 10.8 Å². The Bertz CT molecular complexity index is 578. The summed E-state index contributed by atoms with van der Waals surface area (Å²) in [7, 11) is 0. The van der Waals surface area contributed by atoms with Gasteiger partial charge in [-0.1, -0.05) is 17.7 Å². The molecule has 0 aliphatic carbocycles. The second-order valence-electron chi connectivity index (χ2n) is 3.62. The molecule has 2 aromatic rings. The lowest BCUT2D eigenvalue weighted by Gasteiger charge is -2.11. The van der Waals surface area contributed by atoms with Gasteiger partial charge in [-0.25, -0.2) is 0 Å². The SMILES string of the molecule is Oc1cc(Nc2cccc(Cl)c2O)cc(O)c1O. The van der Waals surface area contributed by atoms with Gasteiger partial charge in [0.15, 0.2) is 23.0 Å². The lowest BCUT2D eigenvalue weighted by molar-refractivity contribution is 0.368. The first-order chi connectivity index (χ1) is 8.49. The van der Waals surface area contributed by atoms with E-state index in [9.17, 15) is 20.4 Å². The molecule has 0 aliphatic rings. The Morgan fingerprint density at radius 2 is 1.50 bits per heavy atom. The third-order valence-electron chi connectivity index (χ3n) is 2.34. The van der Waals surface area contributed by atoms with Crippen molar-refractivity contribution >= 4 is 23.0 Å². The molecule has 94 valence electrons. The van der Waals surface area contributed by atoms with Gasteiger partial charge in [0.1, 0.15) is 0 Å². The largest absolute Gasteiger partial charge is 0.504 e. The van der Waals surface area contributed by atoms with Crippen LogP contribution in [0.5, 0.6) is 23.0 Å². The lowest BCUT2D eigenvalue weighted by atomic mass is 10.2. The van der Waals surface area contributed by atoms with Gasteiger partial charge in [0.05, 0.1) is 10.7 Å². The molecule has 0 radical (unpaired) electrons. The normalized spacial score (nSPS) is 10.3. The predicted octanol–water partition coefficient (Wildman–Crippen LogP) is 2.91. The van der Waals surface area contributed by atoms with Crippen LogP contribution in [0.4, 0.5) is 11.4 Å². The van der Waals surface area contributed by atoms with E-state index in [4.69, 9.17) is 11.6 Å². The van der Waals surface area contributed by atoms with Crippen LogP contribution in [0, 0.1) is 0 Å². The molecule has 0 heterocycles. The molecule has 5 N–H and O–H groups in total. The fourth-order valence-corrected chi connectivity index (χ4v) is 1.62. The van der Waals surface area contributed by atoms with Crippen LogP contribution in [0.1, 0.15) is 0 Å². The van der Waals surface area contributed by atoms with Crippen molar-refractivity contribution < 1.29 is 20.4 Å². The Morgan fingerprint density at radius 1 is 0.889 bits per heavy atom. The predicted molar refractivity (Wildman–Crippen MR) is 67.8 cm³/mol. The first-order valence-corrected chi connectivity index (χ1v) is 5.36. The van der Waals surface area contributed by atoms with Crippen LogP contribution in [0.25, 0.3) is 0 Å². The zero-order chi connectivity index (χ0) is 13.3. The maximum atomic E-state index is 9.68. The van der Waals surface area contributed by atoms with E-state index in [1.807, 2.05) is 0 Å². The summed E-state index contributed by atoms with van der Waals surface area (Å²) in [4.78, 5) is 0. The summed E-state index contributed by atoms with van der Waals surface area (Å²) in [6.45, 7) is 0. The fourth-order valence-electron chi connectivity index (χ4n) is 1.45. The maximum Gasteiger partial charge on any atom is 0.200 e. The molecule has 6 heteroatoms. The molecule has 0 amide bonds. The average molecular weight is 268 g/mol. The molecule has 0 aromatic heterocycles. The minimum Gasteiger partial charge on any atom is -0.504 e. The second kappa shape index (κ2) is 4.54. The van der Waals surface area contributed by atoms with Gasteiger partial charge < -0.3 is 25.7 Å². The number of phenolic OH excluding ortho intramolecular Hbond substituents is 4. The zero-order valence-corrected chi connectivity index (χ0v) is 9.81. The van der Waals surface area contributed by atoms with Crippen molar-refractivity contribution in [3.8, 4) is 23.0 Å². The Morgan fingerprint density at radius 3 is 2.11 bits per heavy atom. The Labute approximate surface area is 108 Å². The molecule has 0 bridgehead atoms. The standard InChI is InChI=1S/C12H10ClNO4/c13-7-2-1-3-8(11(7)17)14-6-4-9(15)12(18)10(16)5-6/h1-5,14-18H. The summed E-state index contributed by atoms with van der Waals surface area (Å²) in [5, 5.41) is 40.5. The highest BCUT2D eigenvalue weighted by Gasteiger charge is 2.10. The molecule has 0 saturated carbocycles. The number of hydrogen-bond donors (Lipinski definition) is 5. The number of phenols is 4. The van der Waals surface area contributed by atoms with Gasteiger partial charge in [-0.3, -0.25) is 0 Å². The van der Waals surface area contributed by atoms with Gasteiger partial charge in [-0.15, -0.1) is 0 Å². The van der Waals surface area contributed by atoms with Crippen LogP contribution in [-0.4, -0.2) is 20.4 Å². The van der Waals surface area contributed by atoms with Gasteiger partial charge in [0.25, 0.3) is 0 Å². The topological polar surface area (TPSA) is 93.0 Å². The van der Waals surface area contributed by atoms with Gasteiger partial charge in [-0.2, -0.15) is 0 Å². The zero-order valence-electron chi connectivity index (χ0n) is 9.05. The van der Waals surface area contributed by atoms with Crippen molar-refractivity contribution in [1.82, 2.24) is 0 Å². The average Bonchev–Trinajstić information content (AvgIpc) is 2.32. The van der Waals surface area contributed by atoms with E-state index in [1.54, 1.807) is 12.1 Å². The molecule has 0 saturated heterocycles. The number of benzene rings is 2. The van der Waals surface area contributed by atoms with Crippen molar-refractivity contribution in [2.75, 3.05) is 5.32 Å². The van der Waals surface area contributed by atoms with E-state index in [0.717, 1.165) is 0 Å². The van der Waals surface area contributed by atoms with Crippen molar-refractivity contribution in [3.05, 3.63) is 35.4 Å². The van der Waals surface area contributed by atoms with Gasteiger partial charge >= 0.3 is 0 Å². The number of hydrogen-bond acceptors (Lipinski definition) is 5. The van der Waals surface area contributed by atoms with E-state index in [0.29, 0.717) is 11.4 Å². The van der Waals surface area contributed by atoms with E-state index < -0.39 is 17.2 Å². The number of anilines is 2. The molecule has 2 rings (SSSR count). The van der Waals surface area contributed by atoms with Crippen molar-refractivity contribution in [2.45, 2.75) is 0 Å². The Hall–Kier alpha value is -2.27. The van der Waals surface area contributed by atoms with Gasteiger partial charge in [0.2, 0.25) is 0 Å². The summed E-state index contributed by atoms with van der Waals surface area (Å²) in [6, 6.07) is 7.13. The van der Waals surface area contributed by atoms with Crippen LogP contribution in [0.15, 0.2) is 30.3 Å². The molecular formula is C12H10ClNO4. The van der Waals surface area contributed by atoms with Gasteiger partial charge in [0, 0.05) is 17.8 Å². The van der Waals surface area contributed by atoms with E-state index in [1.165, 1.54) is 18.2 Å². The molecule has 2 aromatic carbocycles. The minimum absolute atomic E-state index is 0.147. The molecule has 0 fully saturated rings. The number of rotatable bonds is 2. The van der Waals surface area contributed by atoms with E-state index >= 15 is 0 Å². The molecule has 18 heavy (non-hydrogen) atoms. The highest BCUT2D eigenvalue weighted by Crippen LogP contribution is 2.40. The van der Waals surface area contributed by atoms with Crippen molar-refractivity contribution in [1.29, 1.82) is 0 Å². The molecular weight excluding hydrogens is 258 g/mol. The summed E-state index contributed by atoms with van der Waals surface area (Å²) in [6.07, 6.45) is 0. The lowest BCUT2D eigenvalue weighted by Crippen LogP contribution is -1.91. The highest BCUT2D eigenvalue weighted by atomic mass is 35.5. The molecule has 5 nitrogen and oxygen atoms in total. The van der Waals surface area contributed by atoms with Crippen LogP contribution in [-0.2, 0) is 0 Å². The first-order valence-electron chi connectivity index (χ1n) is 4.98. The van der Waals surface area contributed by atoms with Crippen molar-refractivity contribution in [3.63, 3.8) is 0 Å². The quantitative estimate of drug-likeness (QED) is 0.426. The van der Waals surface area contributed by atoms with Crippen LogP contribution >= 0.6 is 11.6 Å². The summed E-state index contributed by atoms with van der Waals surface area (Å²) < 4.78 is 0. The highest BCUT2D eigenvalue weighted by molar-refractivity contribution is 6.32. The smallest absolute Gasteiger partial charge is 0.200 e. The number of para-hydroxylation sites is 1. The van der Waals surface area contributed by atoms with Crippen LogP contribution in [0.2, 0.25) is 5.02 Å². The second-order valence-corrected chi connectivity index (χ2v) is 4.03. The van der Waals surface area contributed by atoms with Crippen LogP contribution in [0.3, 0.4) is 0 Å². The molecule has 0 atom stereocenters. The van der Waals surface area contributed by atoms with Gasteiger partial charge in [-0.05, 0) is 12.1 Å². The maximum absolute atomic E-state index is 9.68. The number of aromatic hydroxyl groups is 4. The Kier molecular flexibility index (Phi) is 3.08. The third kappa shape index (κ3) is 2.21. The Balaban J connectivity index is 2.37. The monoisotopic (exact) mass is 267 g/mol. The summed E-state index contributed by atoms with van der Waals surface area (Å²) in [5.41, 5.74) is 0.604. The van der Waals surface area contributed by atoms with Crippen molar-refractivity contribution in [2.24, 2.45) is 0 Å². The fraction of sp³-hybridized carbons (Fsp3) is 0. The number of nitrogens with one attached hydrogen (secondary N) is 1. The molecule has 0 spiro atoms. The van der Waals surface area contributed by atoms with E-state index in [2.05, 4.69) is 5.32 Å². The summed E-state index contributed by atoms with van der Waals surface area (Å²) in [5.74, 6) is -1.69. The molecule has 0 unspecified atom stereocenters. The molecule has 0 aliphatic heterocycles. The first kappa shape index (κ1) is 12.2. The summed E-state index contributed by atoms with van der Waals surface area (Å²) >= 11 is 5.74. The van der Waals surface area contributed by atoms with Crippen LogP contribution < -0.4 is 5.32 Å².